The molecule has 0 bridgehead atoms. The minimum absolute atomic E-state index is 0.255. The maximum absolute atomic E-state index is 12.9. The van der Waals surface area contributed by atoms with Crippen LogP contribution in [0.25, 0.3) is 33.8 Å². The van der Waals surface area contributed by atoms with Gasteiger partial charge in [0.25, 0.3) is 11.8 Å². The Balaban J connectivity index is 1.48. The van der Waals surface area contributed by atoms with Crippen LogP contribution in [0, 0.1) is 6.92 Å². The molecule has 0 unspecified atom stereocenters. The van der Waals surface area contributed by atoms with Crippen LogP contribution in [0.2, 0.25) is 0 Å². The summed E-state index contributed by atoms with van der Waals surface area (Å²) in [6.07, 6.45) is 8.41. The number of carbonyl (C=O) groups is 1. The van der Waals surface area contributed by atoms with Gasteiger partial charge in [-0.25, -0.2) is 4.72 Å². The number of hydrogen-bond acceptors (Lipinski definition) is 6. The second kappa shape index (κ2) is 9.77. The molecule has 4 aromatic rings. The van der Waals surface area contributed by atoms with Gasteiger partial charge in [-0.2, -0.15) is 17.7 Å². The minimum atomic E-state index is -3.91. The van der Waals surface area contributed by atoms with E-state index in [4.69, 9.17) is 4.52 Å². The van der Waals surface area contributed by atoms with E-state index in [-0.39, 0.29) is 5.56 Å². The molecule has 0 atom stereocenters. The standard InChI is InChI=1S/C29H31N5O4S/c1-18-30-29(38-31-18)24-14-23-13-20(19-7-5-4-6-8-19)11-12-25(23)27-15-21-9-10-22(16-26(21)34(27)17-24)28(35)32-39(36,37)33(2)3/h9-16,19H,4-8,17H2,1-3H3,(H,32,35). The Kier molecular flexibility index (Phi) is 6.39. The van der Waals surface area contributed by atoms with Crippen molar-refractivity contribution in [2.45, 2.75) is 51.5 Å². The van der Waals surface area contributed by atoms with E-state index in [9.17, 15) is 13.2 Å². The van der Waals surface area contributed by atoms with Gasteiger partial charge < -0.3 is 9.09 Å². The number of rotatable bonds is 5. The molecule has 1 aliphatic carbocycles. The van der Waals surface area contributed by atoms with Gasteiger partial charge in [0, 0.05) is 41.7 Å². The van der Waals surface area contributed by atoms with Gasteiger partial charge in [0.1, 0.15) is 0 Å². The first-order chi connectivity index (χ1) is 18.7. The highest BCUT2D eigenvalue weighted by atomic mass is 32.2. The lowest BCUT2D eigenvalue weighted by Gasteiger charge is -2.23. The van der Waals surface area contributed by atoms with E-state index in [1.54, 1.807) is 19.1 Å². The third-order valence-corrected chi connectivity index (χ3v) is 9.16. The monoisotopic (exact) mass is 545 g/mol. The lowest BCUT2D eigenvalue weighted by Crippen LogP contribution is -2.39. The predicted octanol–water partition coefficient (Wildman–Crippen LogP) is 5.14. The highest BCUT2D eigenvalue weighted by Crippen LogP contribution is 2.40. The van der Waals surface area contributed by atoms with Crippen molar-refractivity contribution in [3.8, 4) is 11.3 Å². The van der Waals surface area contributed by atoms with E-state index in [2.05, 4.69) is 49.8 Å². The molecule has 39 heavy (non-hydrogen) atoms. The Morgan fingerprint density at radius 2 is 1.87 bits per heavy atom. The first-order valence-corrected chi connectivity index (χ1v) is 14.7. The largest absolute Gasteiger partial charge is 0.336 e. The van der Waals surface area contributed by atoms with Crippen molar-refractivity contribution in [3.05, 3.63) is 70.9 Å². The van der Waals surface area contributed by atoms with Crippen molar-refractivity contribution < 1.29 is 17.7 Å². The Bertz CT molecular complexity index is 1730. The molecule has 202 valence electrons. The molecule has 6 rings (SSSR count). The molecule has 2 aromatic carbocycles. The van der Waals surface area contributed by atoms with E-state index in [0.717, 1.165) is 37.6 Å². The van der Waals surface area contributed by atoms with E-state index in [1.807, 2.05) is 6.07 Å². The summed E-state index contributed by atoms with van der Waals surface area (Å²) in [5, 5.41) is 4.96. The number of carbonyl (C=O) groups excluding carboxylic acids is 1. The quantitative estimate of drug-likeness (QED) is 0.372. The fourth-order valence-electron chi connectivity index (χ4n) is 5.64. The Labute approximate surface area is 227 Å². The highest BCUT2D eigenvalue weighted by molar-refractivity contribution is 7.87. The topological polar surface area (TPSA) is 110 Å². The van der Waals surface area contributed by atoms with Crippen LogP contribution in [0.15, 0.2) is 47.0 Å². The third-order valence-electron chi connectivity index (χ3n) is 7.76. The first kappa shape index (κ1) is 25.5. The van der Waals surface area contributed by atoms with Crippen molar-refractivity contribution in [2.75, 3.05) is 14.1 Å². The SMILES string of the molecule is Cc1noc(C2=Cc3cc(C4CCCCC4)ccc3-c3cc4ccc(C(=O)NS(=O)(=O)N(C)C)cc4n3C2)n1. The Morgan fingerprint density at radius 3 is 2.59 bits per heavy atom. The van der Waals surface area contributed by atoms with Gasteiger partial charge in [-0.15, -0.1) is 0 Å². The molecular formula is C29H31N5O4S. The number of nitrogens with one attached hydrogen (secondary N) is 1. The number of amides is 1. The van der Waals surface area contributed by atoms with Crippen molar-refractivity contribution in [1.29, 1.82) is 0 Å². The molecule has 2 aromatic heterocycles. The number of fused-ring (bicyclic) bond motifs is 5. The fourth-order valence-corrected chi connectivity index (χ4v) is 6.18. The normalized spacial score (nSPS) is 16.1. The molecule has 1 N–H and O–H groups in total. The van der Waals surface area contributed by atoms with E-state index < -0.39 is 16.1 Å². The fraction of sp³-hybridized carbons (Fsp3) is 0.345. The summed E-state index contributed by atoms with van der Waals surface area (Å²) in [5.41, 5.74) is 6.49. The summed E-state index contributed by atoms with van der Waals surface area (Å²) >= 11 is 0. The maximum atomic E-state index is 12.9. The molecule has 1 saturated carbocycles. The molecule has 3 heterocycles. The second-order valence-corrected chi connectivity index (χ2v) is 12.5. The van der Waals surface area contributed by atoms with Crippen molar-refractivity contribution in [3.63, 3.8) is 0 Å². The second-order valence-electron chi connectivity index (χ2n) is 10.6. The summed E-state index contributed by atoms with van der Waals surface area (Å²) in [6, 6.07) is 14.1. The van der Waals surface area contributed by atoms with Crippen LogP contribution in [-0.2, 0) is 16.8 Å². The smallest absolute Gasteiger partial charge is 0.303 e. The Hall–Kier alpha value is -3.76. The first-order valence-electron chi connectivity index (χ1n) is 13.2. The summed E-state index contributed by atoms with van der Waals surface area (Å²) in [4.78, 5) is 17.4. The number of hydrogen-bond donors (Lipinski definition) is 1. The van der Waals surface area contributed by atoms with Crippen LogP contribution in [0.1, 0.15) is 71.2 Å². The van der Waals surface area contributed by atoms with Gasteiger partial charge in [-0.05, 0) is 61.1 Å². The van der Waals surface area contributed by atoms with Crippen LogP contribution in [0.4, 0.5) is 0 Å². The van der Waals surface area contributed by atoms with Crippen LogP contribution < -0.4 is 4.72 Å². The van der Waals surface area contributed by atoms with Gasteiger partial charge in [0.15, 0.2) is 5.82 Å². The summed E-state index contributed by atoms with van der Waals surface area (Å²) in [7, 11) is -1.17. The van der Waals surface area contributed by atoms with Gasteiger partial charge >= 0.3 is 10.2 Å². The third kappa shape index (κ3) is 4.79. The minimum Gasteiger partial charge on any atom is -0.336 e. The number of allylic oxidation sites excluding steroid dienone is 1. The average Bonchev–Trinajstić information content (AvgIpc) is 3.47. The number of aromatic nitrogens is 3. The van der Waals surface area contributed by atoms with Gasteiger partial charge in [0.2, 0.25) is 0 Å². The molecule has 0 radical (unpaired) electrons. The van der Waals surface area contributed by atoms with Gasteiger partial charge in [-0.1, -0.05) is 48.7 Å². The van der Waals surface area contributed by atoms with Crippen molar-refractivity contribution in [2.24, 2.45) is 0 Å². The molecular weight excluding hydrogens is 514 g/mol. The highest BCUT2D eigenvalue weighted by Gasteiger charge is 2.25. The van der Waals surface area contributed by atoms with Crippen LogP contribution >= 0.6 is 0 Å². The Morgan fingerprint density at radius 1 is 1.08 bits per heavy atom. The lowest BCUT2D eigenvalue weighted by atomic mass is 9.83. The maximum Gasteiger partial charge on any atom is 0.303 e. The zero-order valence-electron chi connectivity index (χ0n) is 22.3. The molecule has 1 amide bonds. The van der Waals surface area contributed by atoms with Crippen molar-refractivity contribution in [1.82, 2.24) is 23.7 Å². The molecule has 1 aliphatic heterocycles. The molecule has 10 heteroatoms. The number of benzene rings is 2. The molecule has 0 saturated heterocycles. The van der Waals surface area contributed by atoms with Gasteiger partial charge in [-0.3, -0.25) is 4.79 Å². The van der Waals surface area contributed by atoms with Gasteiger partial charge in [0.05, 0.1) is 12.2 Å². The molecule has 9 nitrogen and oxygen atoms in total. The van der Waals surface area contributed by atoms with E-state index in [0.29, 0.717) is 24.2 Å². The van der Waals surface area contributed by atoms with Crippen LogP contribution in [-0.4, -0.2) is 47.4 Å². The summed E-state index contributed by atoms with van der Waals surface area (Å²) < 4.78 is 35.3. The number of nitrogens with zero attached hydrogens (tertiary/aromatic N) is 4. The van der Waals surface area contributed by atoms with Crippen LogP contribution in [0.5, 0.6) is 0 Å². The number of aryl methyl sites for hydroxylation is 1. The van der Waals surface area contributed by atoms with E-state index >= 15 is 0 Å². The molecule has 0 spiro atoms. The van der Waals surface area contributed by atoms with Crippen molar-refractivity contribution >= 4 is 38.7 Å². The average molecular weight is 546 g/mol. The zero-order chi connectivity index (χ0) is 27.3. The predicted molar refractivity (Wildman–Crippen MR) is 150 cm³/mol. The summed E-state index contributed by atoms with van der Waals surface area (Å²) in [6.45, 7) is 2.25. The lowest BCUT2D eigenvalue weighted by molar-refractivity contribution is 0.0980. The van der Waals surface area contributed by atoms with Crippen LogP contribution in [0.3, 0.4) is 0 Å². The molecule has 1 fully saturated rings. The van der Waals surface area contributed by atoms with E-state index in [1.165, 1.54) is 51.8 Å². The zero-order valence-corrected chi connectivity index (χ0v) is 23.1. The summed E-state index contributed by atoms with van der Waals surface area (Å²) in [5.74, 6) is 0.905. The molecule has 2 aliphatic rings.